The van der Waals surface area contributed by atoms with Crippen molar-refractivity contribution >= 4 is 69.9 Å². The van der Waals surface area contributed by atoms with Crippen LogP contribution in [0.4, 0.5) is 60.5 Å². The highest BCUT2D eigenvalue weighted by Gasteiger charge is 2.47. The van der Waals surface area contributed by atoms with Crippen molar-refractivity contribution in [2.75, 3.05) is 13.2 Å². The summed E-state index contributed by atoms with van der Waals surface area (Å²) in [5, 5.41) is 19.2. The Morgan fingerprint density at radius 2 is 0.512 bits per heavy atom. The number of carbonyl (C=O) groups excluding carboxylic acids is 6. The van der Waals surface area contributed by atoms with Gasteiger partial charge in [-0.05, 0) is 106 Å². The van der Waals surface area contributed by atoms with Crippen molar-refractivity contribution in [2.45, 2.75) is 24.4 Å². The zero-order valence-corrected chi connectivity index (χ0v) is 41.3. The van der Waals surface area contributed by atoms with Gasteiger partial charge in [0, 0.05) is 63.6 Å². The third-order valence-corrected chi connectivity index (χ3v) is 10.8. The molecule has 36 heteroatoms. The molecule has 0 aliphatic heterocycles. The molecule has 0 saturated carbocycles. The molecular weight excluding hydrogens is 1130 g/mol. The monoisotopic (exact) mass is 1160 g/mol. The minimum atomic E-state index is -3.00. The summed E-state index contributed by atoms with van der Waals surface area (Å²) < 4.78 is 127. The maximum absolute atomic E-state index is 15.9. The van der Waals surface area contributed by atoms with Crippen LogP contribution in [0.3, 0.4) is 0 Å². The lowest BCUT2D eigenvalue weighted by Crippen LogP contribution is -2.55. The fraction of sp³-hybridized carbons (Fsp3) is 0.125. The van der Waals surface area contributed by atoms with Gasteiger partial charge in [0.15, 0.2) is 24.4 Å². The maximum atomic E-state index is 15.9. The molecule has 0 N–H and O–H groups in total. The molecule has 0 aliphatic carbocycles. The predicted octanol–water partition coefficient (Wildman–Crippen LogP) is 14.1. The van der Waals surface area contributed by atoms with Gasteiger partial charge in [-0.15, -0.1) is 0 Å². The number of nitrogens with zero attached hydrogens (tertiary/aromatic N) is 18. The first-order valence-corrected chi connectivity index (χ1v) is 22.6. The second-order valence-electron chi connectivity index (χ2n) is 15.9. The number of ether oxygens (including phenoxy) is 6. The molecule has 4 unspecified atom stereocenters. The van der Waals surface area contributed by atoms with Crippen molar-refractivity contribution in [2.24, 2.45) is 30.7 Å². The molecule has 422 valence electrons. The van der Waals surface area contributed by atoms with E-state index < -0.39 is 164 Å². The van der Waals surface area contributed by atoms with Crippen molar-refractivity contribution in [1.29, 1.82) is 0 Å². The maximum Gasteiger partial charge on any atom is 0.341 e. The average molecular weight is 1160 g/mol. The van der Waals surface area contributed by atoms with Crippen molar-refractivity contribution in [3.63, 3.8) is 0 Å². The van der Waals surface area contributed by atoms with E-state index in [-0.39, 0.29) is 11.4 Å². The van der Waals surface area contributed by atoms with Crippen LogP contribution in [0.2, 0.25) is 0 Å². The van der Waals surface area contributed by atoms with Gasteiger partial charge in [0.2, 0.25) is 0 Å². The normalized spacial score (nSPS) is 11.6. The molecule has 0 radical (unpaired) electrons. The van der Waals surface area contributed by atoms with Crippen LogP contribution in [-0.4, -0.2) is 73.4 Å². The molecule has 84 heavy (non-hydrogen) atoms. The highest BCUT2D eigenvalue weighted by Crippen LogP contribution is 2.30. The Morgan fingerprint density at radius 1 is 0.321 bits per heavy atom. The van der Waals surface area contributed by atoms with Crippen LogP contribution in [0.25, 0.3) is 62.7 Å². The number of hydrogen-bond donors (Lipinski definition) is 0. The Labute approximate surface area is 461 Å². The first-order chi connectivity index (χ1) is 40.3. The summed E-state index contributed by atoms with van der Waals surface area (Å²) >= 11 is 0. The van der Waals surface area contributed by atoms with E-state index in [4.69, 9.17) is 61.6 Å². The van der Waals surface area contributed by atoms with Crippen LogP contribution in [0, 0.1) is 34.9 Å². The molecular formula is C48H26F6N18O12. The molecule has 4 atom stereocenters. The quantitative estimate of drug-likeness (QED) is 0.0144. The van der Waals surface area contributed by atoms with E-state index in [1.54, 1.807) is 0 Å². The van der Waals surface area contributed by atoms with Crippen LogP contribution in [0.1, 0.15) is 62.1 Å². The number of hydrogen-bond acceptors (Lipinski definition) is 18. The van der Waals surface area contributed by atoms with Gasteiger partial charge in [-0.25, -0.2) is 55.1 Å². The summed E-state index contributed by atoms with van der Waals surface area (Å²) in [5.74, 6) is -20.3. The Balaban J connectivity index is 1.64. The highest BCUT2D eigenvalue weighted by molar-refractivity contribution is 5.94. The Morgan fingerprint density at radius 3 is 0.702 bits per heavy atom. The topological polar surface area (TPSA) is 450 Å². The SMILES string of the molecule is [N-]=[N+]=Nc1ccc(C(=O)OCC(OC(=O)c2ccc(N=[N+]=[N-])cc2F)C(OC(=O)c2ccc(N=[N+]=[N-])cc2F)C(OC(=O)c2ccc(N=[N+]=[N-])cc2F)C(COC(=O)c2ccc(N=[N+]=[N-])cc2F)OC(=O)c2ccc(N=[N+]=[N-])cc2F)c(F)c1. The van der Waals surface area contributed by atoms with Crippen LogP contribution in [0.15, 0.2) is 140 Å². The Hall–Kier alpha value is -12.4. The van der Waals surface area contributed by atoms with Crippen LogP contribution in [0.5, 0.6) is 0 Å². The molecule has 6 aromatic rings. The van der Waals surface area contributed by atoms with Gasteiger partial charge >= 0.3 is 35.8 Å². The van der Waals surface area contributed by atoms with Crippen molar-refractivity contribution < 1.29 is 83.5 Å². The molecule has 0 aromatic heterocycles. The van der Waals surface area contributed by atoms with E-state index >= 15 is 26.3 Å². The smallest absolute Gasteiger partial charge is 0.341 e. The second-order valence-corrected chi connectivity index (χ2v) is 15.9. The number of carbonyl (C=O) groups is 6. The fourth-order valence-electron chi connectivity index (χ4n) is 7.05. The minimum Gasteiger partial charge on any atom is -0.458 e. The fourth-order valence-corrected chi connectivity index (χ4v) is 7.05. The van der Waals surface area contributed by atoms with E-state index in [1.807, 2.05) is 0 Å². The molecule has 6 aromatic carbocycles. The van der Waals surface area contributed by atoms with Crippen LogP contribution >= 0.6 is 0 Å². The molecule has 30 nitrogen and oxygen atoms in total. The summed E-state index contributed by atoms with van der Waals surface area (Å²) in [5.41, 5.74) is 44.3. The van der Waals surface area contributed by atoms with E-state index in [1.165, 1.54) is 0 Å². The van der Waals surface area contributed by atoms with E-state index in [0.717, 1.165) is 36.4 Å². The third kappa shape index (κ3) is 15.4. The number of rotatable bonds is 23. The molecule has 0 bridgehead atoms. The molecule has 0 aliphatic rings. The highest BCUT2D eigenvalue weighted by atomic mass is 19.1. The summed E-state index contributed by atoms with van der Waals surface area (Å²) in [4.78, 5) is 99.7. The summed E-state index contributed by atoms with van der Waals surface area (Å²) in [6.07, 6.45) is -11.6. The molecule has 0 amide bonds. The largest absolute Gasteiger partial charge is 0.458 e. The van der Waals surface area contributed by atoms with Gasteiger partial charge in [-0.2, -0.15) is 0 Å². The van der Waals surface area contributed by atoms with Gasteiger partial charge in [0.1, 0.15) is 48.1 Å². The molecule has 0 fully saturated rings. The summed E-state index contributed by atoms with van der Waals surface area (Å²) in [6.45, 7) is -3.31. The molecule has 0 heterocycles. The van der Waals surface area contributed by atoms with E-state index in [2.05, 4.69) is 60.2 Å². The molecule has 6 rings (SSSR count). The van der Waals surface area contributed by atoms with Crippen molar-refractivity contribution in [3.05, 3.63) is 240 Å². The van der Waals surface area contributed by atoms with Gasteiger partial charge in [-0.1, -0.05) is 67.1 Å². The summed E-state index contributed by atoms with van der Waals surface area (Å²) in [6, 6.07) is 12.2. The lowest BCUT2D eigenvalue weighted by molar-refractivity contribution is -0.138. The van der Waals surface area contributed by atoms with Gasteiger partial charge in [0.25, 0.3) is 0 Å². The Kier molecular flexibility index (Phi) is 20.6. The molecule has 0 saturated heterocycles. The van der Waals surface area contributed by atoms with E-state index in [0.29, 0.717) is 72.8 Å². The first-order valence-electron chi connectivity index (χ1n) is 22.6. The third-order valence-electron chi connectivity index (χ3n) is 10.8. The zero-order chi connectivity index (χ0) is 61.0. The minimum absolute atomic E-state index is 0.382. The Bertz CT molecular complexity index is 3720. The lowest BCUT2D eigenvalue weighted by Gasteiger charge is -2.36. The average Bonchev–Trinajstić information content (AvgIpc) is 3.63. The number of benzene rings is 6. The van der Waals surface area contributed by atoms with Crippen LogP contribution in [-0.2, 0) is 28.4 Å². The molecule has 0 spiro atoms. The summed E-state index contributed by atoms with van der Waals surface area (Å²) in [7, 11) is 0. The van der Waals surface area contributed by atoms with Crippen molar-refractivity contribution in [3.8, 4) is 0 Å². The number of esters is 6. The second kappa shape index (κ2) is 28.5. The predicted molar refractivity (Wildman–Crippen MR) is 269 cm³/mol. The first kappa shape index (κ1) is 60.8. The van der Waals surface area contributed by atoms with Gasteiger partial charge in [-0.3, -0.25) is 0 Å². The van der Waals surface area contributed by atoms with Crippen LogP contribution < -0.4 is 0 Å². The standard InChI is InChI=1S/C48H26F6N18O12/c49-33-13-21(61-67-55)1-7-27(33)43(73)79-19-39(81-45(75)29-9-3-23(63-69-57)15-35(29)51)41(83-47(77)31-11-5-25(65-71-59)17-37(31)53)42(84-48(78)32-12-6-26(66-72-60)18-38(32)54)40(82-46(76)30-10-4-24(64-70-58)16-36(30)52)20-80-44(74)28-8-2-22(62-68-56)14-34(28)50/h1-18,39-42H,19-20H2. The number of azide groups is 6. The van der Waals surface area contributed by atoms with Crippen molar-refractivity contribution in [1.82, 2.24) is 0 Å². The zero-order valence-electron chi connectivity index (χ0n) is 41.3. The van der Waals surface area contributed by atoms with E-state index in [9.17, 15) is 28.8 Å². The van der Waals surface area contributed by atoms with Gasteiger partial charge < -0.3 is 28.4 Å². The lowest BCUT2D eigenvalue weighted by atomic mass is 10.0. The number of halogens is 6. The van der Waals surface area contributed by atoms with Gasteiger partial charge in [0.05, 0.1) is 33.4 Å².